The van der Waals surface area contributed by atoms with Crippen molar-refractivity contribution in [3.8, 4) is 0 Å². The summed E-state index contributed by atoms with van der Waals surface area (Å²) >= 11 is 0. The predicted molar refractivity (Wildman–Crippen MR) is 38.0 cm³/mol. The van der Waals surface area contributed by atoms with Crippen molar-refractivity contribution in [2.24, 2.45) is 5.73 Å². The highest BCUT2D eigenvalue weighted by Gasteiger charge is 2.15. The Bertz CT molecular complexity index is 158. The Morgan fingerprint density at radius 2 is 2.00 bits per heavy atom. The van der Waals surface area contributed by atoms with Crippen LogP contribution in [0.25, 0.3) is 0 Å². The minimum Gasteiger partial charge on any atom is -0.329 e. The molecule has 0 bridgehead atoms. The van der Waals surface area contributed by atoms with Crippen LogP contribution in [-0.2, 0) is 9.84 Å². The van der Waals surface area contributed by atoms with Crippen LogP contribution in [0.2, 0.25) is 0 Å². The summed E-state index contributed by atoms with van der Waals surface area (Å²) in [5.41, 5.74) is 5.19. The summed E-state index contributed by atoms with van der Waals surface area (Å²) in [5, 5.41) is -0.350. The van der Waals surface area contributed by atoms with Gasteiger partial charge in [0.15, 0.2) is 9.84 Å². The highest BCUT2D eigenvalue weighted by molar-refractivity contribution is 7.91. The van der Waals surface area contributed by atoms with E-state index < -0.39 is 9.84 Å². The average molecular weight is 151 g/mol. The van der Waals surface area contributed by atoms with E-state index >= 15 is 0 Å². The fraction of sp³-hybridized carbons (Fsp3) is 1.00. The lowest BCUT2D eigenvalue weighted by atomic mass is 10.3. The van der Waals surface area contributed by atoms with Crippen molar-refractivity contribution in [2.75, 3.05) is 12.8 Å². The van der Waals surface area contributed by atoms with Gasteiger partial charge in [-0.1, -0.05) is 6.92 Å². The van der Waals surface area contributed by atoms with Gasteiger partial charge in [-0.2, -0.15) is 0 Å². The molecule has 0 amide bonds. The minimum atomic E-state index is -2.89. The lowest BCUT2D eigenvalue weighted by molar-refractivity contribution is 0.582. The topological polar surface area (TPSA) is 60.2 Å². The van der Waals surface area contributed by atoms with Crippen LogP contribution in [0.3, 0.4) is 0 Å². The highest BCUT2D eigenvalue weighted by atomic mass is 32.2. The minimum absolute atomic E-state index is 0.231. The third kappa shape index (κ3) is 2.81. The zero-order chi connectivity index (χ0) is 7.49. The van der Waals surface area contributed by atoms with Crippen LogP contribution in [0.5, 0.6) is 0 Å². The molecular weight excluding hydrogens is 138 g/mol. The molecule has 1 unspecified atom stereocenters. The third-order valence-electron chi connectivity index (χ3n) is 1.32. The predicted octanol–water partition coefficient (Wildman–Crippen LogP) is -0.232. The maximum absolute atomic E-state index is 10.7. The van der Waals surface area contributed by atoms with E-state index in [4.69, 9.17) is 5.73 Å². The molecule has 56 valence electrons. The van der Waals surface area contributed by atoms with Gasteiger partial charge >= 0.3 is 0 Å². The number of hydrogen-bond acceptors (Lipinski definition) is 3. The Hall–Kier alpha value is -0.0900. The maximum Gasteiger partial charge on any atom is 0.151 e. The summed E-state index contributed by atoms with van der Waals surface area (Å²) in [5.74, 6) is 0. The smallest absolute Gasteiger partial charge is 0.151 e. The van der Waals surface area contributed by atoms with Gasteiger partial charge in [-0.05, 0) is 6.42 Å². The van der Waals surface area contributed by atoms with Gasteiger partial charge in [-0.3, -0.25) is 0 Å². The van der Waals surface area contributed by atoms with Crippen molar-refractivity contribution in [1.29, 1.82) is 0 Å². The van der Waals surface area contributed by atoms with Gasteiger partial charge in [0, 0.05) is 12.8 Å². The SMILES string of the molecule is CCC(CN)S(C)(=O)=O. The molecule has 1 atom stereocenters. The second-order valence-corrected chi connectivity index (χ2v) is 4.42. The van der Waals surface area contributed by atoms with E-state index in [1.807, 2.05) is 6.92 Å². The van der Waals surface area contributed by atoms with Gasteiger partial charge in [0.25, 0.3) is 0 Å². The molecule has 0 aliphatic carbocycles. The summed E-state index contributed by atoms with van der Waals surface area (Å²) in [7, 11) is -2.89. The lowest BCUT2D eigenvalue weighted by Gasteiger charge is -2.07. The van der Waals surface area contributed by atoms with Crippen molar-refractivity contribution >= 4 is 9.84 Å². The van der Waals surface area contributed by atoms with Gasteiger partial charge in [0.2, 0.25) is 0 Å². The zero-order valence-corrected chi connectivity index (χ0v) is 6.61. The largest absolute Gasteiger partial charge is 0.329 e. The number of rotatable bonds is 3. The summed E-state index contributed by atoms with van der Waals surface area (Å²) in [6.45, 7) is 2.05. The Balaban J connectivity index is 4.14. The van der Waals surface area contributed by atoms with Crippen LogP contribution >= 0.6 is 0 Å². The second kappa shape index (κ2) is 3.17. The number of sulfone groups is 1. The first-order valence-corrected chi connectivity index (χ1v) is 4.86. The van der Waals surface area contributed by atoms with Crippen LogP contribution < -0.4 is 5.73 Å². The van der Waals surface area contributed by atoms with E-state index in [-0.39, 0.29) is 11.8 Å². The summed E-state index contributed by atoms with van der Waals surface area (Å²) in [6.07, 6.45) is 1.82. The van der Waals surface area contributed by atoms with E-state index in [2.05, 4.69) is 0 Å². The van der Waals surface area contributed by atoms with Crippen molar-refractivity contribution in [2.45, 2.75) is 18.6 Å². The molecule has 4 heteroatoms. The molecule has 0 saturated carbocycles. The molecule has 0 spiro atoms. The fourth-order valence-electron chi connectivity index (χ4n) is 0.644. The van der Waals surface area contributed by atoms with Crippen molar-refractivity contribution < 1.29 is 8.42 Å². The molecule has 0 rings (SSSR count). The molecule has 0 aliphatic heterocycles. The van der Waals surface area contributed by atoms with Gasteiger partial charge < -0.3 is 5.73 Å². The molecule has 0 saturated heterocycles. The normalized spacial score (nSPS) is 15.4. The molecule has 0 fully saturated rings. The second-order valence-electron chi connectivity index (χ2n) is 2.10. The van der Waals surface area contributed by atoms with Crippen molar-refractivity contribution in [1.82, 2.24) is 0 Å². The third-order valence-corrected chi connectivity index (χ3v) is 3.06. The van der Waals surface area contributed by atoms with Crippen LogP contribution in [0, 0.1) is 0 Å². The van der Waals surface area contributed by atoms with E-state index in [1.165, 1.54) is 6.26 Å². The summed E-state index contributed by atoms with van der Waals surface area (Å²) in [6, 6.07) is 0. The van der Waals surface area contributed by atoms with Crippen molar-refractivity contribution in [3.63, 3.8) is 0 Å². The molecule has 0 aromatic heterocycles. The first-order chi connectivity index (χ1) is 4.02. The standard InChI is InChI=1S/C5H13NO2S/c1-3-5(4-6)9(2,7)8/h5H,3-4,6H2,1-2H3. The maximum atomic E-state index is 10.7. The van der Waals surface area contributed by atoms with Crippen molar-refractivity contribution in [3.05, 3.63) is 0 Å². The lowest BCUT2D eigenvalue weighted by Crippen LogP contribution is -2.27. The molecular formula is C5H13NO2S. The Kier molecular flexibility index (Phi) is 3.14. The summed E-state index contributed by atoms with van der Waals surface area (Å²) in [4.78, 5) is 0. The monoisotopic (exact) mass is 151 g/mol. The van der Waals surface area contributed by atoms with Crippen LogP contribution in [0.15, 0.2) is 0 Å². The first-order valence-electron chi connectivity index (χ1n) is 2.91. The van der Waals surface area contributed by atoms with E-state index in [0.717, 1.165) is 0 Å². The molecule has 0 heterocycles. The van der Waals surface area contributed by atoms with Gasteiger partial charge in [-0.25, -0.2) is 8.42 Å². The number of hydrogen-bond donors (Lipinski definition) is 1. The van der Waals surface area contributed by atoms with Crippen LogP contribution in [0.1, 0.15) is 13.3 Å². The molecule has 2 N–H and O–H groups in total. The van der Waals surface area contributed by atoms with Gasteiger partial charge in [-0.15, -0.1) is 0 Å². The molecule has 0 aromatic carbocycles. The summed E-state index contributed by atoms with van der Waals surface area (Å²) < 4.78 is 21.4. The first kappa shape index (κ1) is 8.91. The zero-order valence-electron chi connectivity index (χ0n) is 5.79. The Morgan fingerprint density at radius 1 is 1.56 bits per heavy atom. The van der Waals surface area contributed by atoms with Crippen LogP contribution in [-0.4, -0.2) is 26.5 Å². The Labute approximate surface area is 56.2 Å². The fourth-order valence-corrected chi connectivity index (χ4v) is 1.60. The van der Waals surface area contributed by atoms with Gasteiger partial charge in [0.1, 0.15) is 0 Å². The Morgan fingerprint density at radius 3 is 2.00 bits per heavy atom. The number of nitrogens with two attached hydrogens (primary N) is 1. The molecule has 0 aromatic rings. The molecule has 9 heavy (non-hydrogen) atoms. The van der Waals surface area contributed by atoms with E-state index in [0.29, 0.717) is 6.42 Å². The molecule has 0 radical (unpaired) electrons. The average Bonchev–Trinajstić information content (AvgIpc) is 1.65. The molecule has 0 aliphatic rings. The van der Waals surface area contributed by atoms with Crippen LogP contribution in [0.4, 0.5) is 0 Å². The quantitative estimate of drug-likeness (QED) is 0.606. The van der Waals surface area contributed by atoms with E-state index in [9.17, 15) is 8.42 Å². The van der Waals surface area contributed by atoms with E-state index in [1.54, 1.807) is 0 Å². The van der Waals surface area contributed by atoms with Gasteiger partial charge in [0.05, 0.1) is 5.25 Å². The molecule has 3 nitrogen and oxygen atoms in total. The highest BCUT2D eigenvalue weighted by Crippen LogP contribution is 2.00.